The summed E-state index contributed by atoms with van der Waals surface area (Å²) >= 11 is 1.36. The number of carbonyl (C=O) groups excluding carboxylic acids is 1. The van der Waals surface area contributed by atoms with Gasteiger partial charge in [0, 0.05) is 11.1 Å². The third-order valence-electron chi connectivity index (χ3n) is 5.36. The average molecular weight is 376 g/mol. The van der Waals surface area contributed by atoms with Gasteiger partial charge in [-0.25, -0.2) is 4.98 Å². The van der Waals surface area contributed by atoms with E-state index in [1.165, 1.54) is 28.4 Å². The number of hydrogen-bond donors (Lipinski definition) is 0. The van der Waals surface area contributed by atoms with Crippen LogP contribution in [-0.2, 0) is 12.8 Å². The predicted molar refractivity (Wildman–Crippen MR) is 108 cm³/mol. The Labute approximate surface area is 161 Å². The number of benzene rings is 2. The maximum atomic E-state index is 13.1. The number of hydrogen-bond acceptors (Lipinski definition) is 4. The molecule has 27 heavy (non-hydrogen) atoms. The molecule has 136 valence electrons. The summed E-state index contributed by atoms with van der Waals surface area (Å²) in [4.78, 5) is 17.6. The first kappa shape index (κ1) is 16.6. The van der Waals surface area contributed by atoms with E-state index in [9.17, 15) is 4.79 Å². The van der Waals surface area contributed by atoms with Crippen molar-refractivity contribution >= 4 is 39.7 Å². The lowest BCUT2D eigenvalue weighted by atomic mass is 9.88. The second-order valence-corrected chi connectivity index (χ2v) is 8.18. The van der Waals surface area contributed by atoms with Crippen LogP contribution in [0.5, 0.6) is 0 Å². The maximum absolute atomic E-state index is 13.1. The Morgan fingerprint density at radius 2 is 2.04 bits per heavy atom. The predicted octanol–water partition coefficient (Wildman–Crippen LogP) is 5.34. The minimum absolute atomic E-state index is 0.0919. The van der Waals surface area contributed by atoms with Gasteiger partial charge in [0.2, 0.25) is 5.91 Å². The molecule has 0 aliphatic heterocycles. The van der Waals surface area contributed by atoms with Crippen molar-refractivity contribution in [2.24, 2.45) is 5.92 Å². The minimum Gasteiger partial charge on any atom is -0.431 e. The van der Waals surface area contributed by atoms with Gasteiger partial charge < -0.3 is 4.42 Å². The molecule has 1 aliphatic rings. The Morgan fingerprint density at radius 3 is 2.93 bits per heavy atom. The number of oxazole rings is 1. The molecule has 0 fully saturated rings. The average Bonchev–Trinajstić information content (AvgIpc) is 3.24. The van der Waals surface area contributed by atoms with E-state index < -0.39 is 0 Å². The molecular formula is C22H20N2O2S. The molecule has 2 aromatic heterocycles. The van der Waals surface area contributed by atoms with E-state index in [1.54, 1.807) is 0 Å². The number of nitrogens with zero attached hydrogens (tertiary/aromatic N) is 2. The van der Waals surface area contributed by atoms with Gasteiger partial charge in [0.15, 0.2) is 5.58 Å². The van der Waals surface area contributed by atoms with Crippen molar-refractivity contribution in [1.29, 1.82) is 0 Å². The third-order valence-corrected chi connectivity index (χ3v) is 6.17. The Balaban J connectivity index is 1.47. The summed E-state index contributed by atoms with van der Waals surface area (Å²) in [6.45, 7) is 2.29. The fourth-order valence-corrected chi connectivity index (χ4v) is 4.76. The minimum atomic E-state index is 0.0919. The molecule has 1 atom stereocenters. The van der Waals surface area contributed by atoms with Crippen LogP contribution < -0.4 is 0 Å². The fraction of sp³-hybridized carbons (Fsp3) is 0.273. The SMILES string of the molecule is C[C@@H]1CCc2c(c3ccccc3n2C(=O)CSc2nc3ccccc3o2)C1. The van der Waals surface area contributed by atoms with Gasteiger partial charge in [-0.2, -0.15) is 0 Å². The molecule has 0 saturated carbocycles. The number of aromatic nitrogens is 2. The highest BCUT2D eigenvalue weighted by Crippen LogP contribution is 2.34. The summed E-state index contributed by atoms with van der Waals surface area (Å²) in [6, 6.07) is 15.9. The van der Waals surface area contributed by atoms with E-state index in [4.69, 9.17) is 4.42 Å². The monoisotopic (exact) mass is 376 g/mol. The fourth-order valence-electron chi connectivity index (χ4n) is 4.07. The van der Waals surface area contributed by atoms with Crippen LogP contribution in [0, 0.1) is 5.92 Å². The number of thioether (sulfide) groups is 1. The van der Waals surface area contributed by atoms with Crippen LogP contribution in [0.4, 0.5) is 0 Å². The van der Waals surface area contributed by atoms with Gasteiger partial charge in [-0.1, -0.05) is 49.0 Å². The van der Waals surface area contributed by atoms with Crippen molar-refractivity contribution in [2.45, 2.75) is 31.4 Å². The van der Waals surface area contributed by atoms with E-state index >= 15 is 0 Å². The van der Waals surface area contributed by atoms with Crippen molar-refractivity contribution < 1.29 is 9.21 Å². The molecule has 5 rings (SSSR count). The summed E-state index contributed by atoms with van der Waals surface area (Å²) in [6.07, 6.45) is 3.15. The molecular weight excluding hydrogens is 356 g/mol. The molecule has 5 heteroatoms. The second kappa shape index (κ2) is 6.57. The summed E-state index contributed by atoms with van der Waals surface area (Å²) in [7, 11) is 0. The highest BCUT2D eigenvalue weighted by Gasteiger charge is 2.26. The van der Waals surface area contributed by atoms with Crippen LogP contribution in [0.3, 0.4) is 0 Å². The molecule has 0 unspecified atom stereocenters. The van der Waals surface area contributed by atoms with E-state index in [1.807, 2.05) is 34.9 Å². The van der Waals surface area contributed by atoms with Crippen LogP contribution in [0.2, 0.25) is 0 Å². The number of rotatable bonds is 3. The Bertz CT molecular complexity index is 1120. The molecule has 0 radical (unpaired) electrons. The molecule has 1 aliphatic carbocycles. The van der Waals surface area contributed by atoms with Gasteiger partial charge in [0.05, 0.1) is 11.3 Å². The number of carbonyl (C=O) groups is 1. The molecule has 0 amide bonds. The van der Waals surface area contributed by atoms with Gasteiger partial charge in [-0.05, 0) is 48.9 Å². The van der Waals surface area contributed by atoms with Crippen molar-refractivity contribution in [3.63, 3.8) is 0 Å². The molecule has 0 saturated heterocycles. The van der Waals surface area contributed by atoms with E-state index in [0.29, 0.717) is 16.9 Å². The van der Waals surface area contributed by atoms with Crippen LogP contribution >= 0.6 is 11.8 Å². The first-order valence-corrected chi connectivity index (χ1v) is 10.3. The van der Waals surface area contributed by atoms with Crippen LogP contribution in [-0.4, -0.2) is 21.2 Å². The number of para-hydroxylation sites is 3. The lowest BCUT2D eigenvalue weighted by molar-refractivity contribution is 0.0942. The summed E-state index contributed by atoms with van der Waals surface area (Å²) in [5.74, 6) is 1.07. The molecule has 2 aromatic carbocycles. The second-order valence-electron chi connectivity index (χ2n) is 7.26. The first-order valence-electron chi connectivity index (χ1n) is 9.33. The van der Waals surface area contributed by atoms with E-state index in [2.05, 4.69) is 30.1 Å². The standard InChI is InChI=1S/C22H20N2O2S/c1-14-10-11-19-16(12-14)15-6-2-4-8-18(15)24(19)21(25)13-27-22-23-17-7-3-5-9-20(17)26-22/h2-9,14H,10-13H2,1H3/t14-/m1/s1. The summed E-state index contributed by atoms with van der Waals surface area (Å²) in [5, 5.41) is 1.77. The smallest absolute Gasteiger partial charge is 0.257 e. The lowest BCUT2D eigenvalue weighted by Crippen LogP contribution is -2.20. The van der Waals surface area contributed by atoms with Gasteiger partial charge in [0.25, 0.3) is 5.22 Å². The topological polar surface area (TPSA) is 48.0 Å². The molecule has 0 bridgehead atoms. The molecule has 2 heterocycles. The van der Waals surface area contributed by atoms with Gasteiger partial charge >= 0.3 is 0 Å². The van der Waals surface area contributed by atoms with Gasteiger partial charge in [0.1, 0.15) is 5.52 Å². The molecule has 0 N–H and O–H groups in total. The normalized spacial score (nSPS) is 16.7. The summed E-state index contributed by atoms with van der Waals surface area (Å²) in [5.41, 5.74) is 5.15. The lowest BCUT2D eigenvalue weighted by Gasteiger charge is -2.20. The van der Waals surface area contributed by atoms with Crippen molar-refractivity contribution in [3.8, 4) is 0 Å². The Kier molecular flexibility index (Phi) is 4.05. The van der Waals surface area contributed by atoms with Crippen LogP contribution in [0.1, 0.15) is 29.4 Å². The highest BCUT2D eigenvalue weighted by molar-refractivity contribution is 7.99. The van der Waals surface area contributed by atoms with Gasteiger partial charge in [-0.3, -0.25) is 9.36 Å². The molecule has 0 spiro atoms. The highest BCUT2D eigenvalue weighted by atomic mass is 32.2. The zero-order valence-electron chi connectivity index (χ0n) is 15.1. The Hall–Kier alpha value is -2.53. The van der Waals surface area contributed by atoms with E-state index in [0.717, 1.165) is 35.9 Å². The molecule has 4 nitrogen and oxygen atoms in total. The van der Waals surface area contributed by atoms with Crippen molar-refractivity contribution in [2.75, 3.05) is 5.75 Å². The number of fused-ring (bicyclic) bond motifs is 4. The van der Waals surface area contributed by atoms with E-state index in [-0.39, 0.29) is 5.91 Å². The van der Waals surface area contributed by atoms with Crippen LogP contribution in [0.25, 0.3) is 22.0 Å². The Morgan fingerprint density at radius 1 is 1.22 bits per heavy atom. The first-order chi connectivity index (χ1) is 13.2. The quantitative estimate of drug-likeness (QED) is 0.453. The summed E-state index contributed by atoms with van der Waals surface area (Å²) < 4.78 is 7.68. The molecule has 4 aromatic rings. The van der Waals surface area contributed by atoms with Crippen LogP contribution in [0.15, 0.2) is 58.2 Å². The zero-order chi connectivity index (χ0) is 18.4. The van der Waals surface area contributed by atoms with Crippen molar-refractivity contribution in [1.82, 2.24) is 9.55 Å². The van der Waals surface area contributed by atoms with Crippen molar-refractivity contribution in [3.05, 3.63) is 59.8 Å². The zero-order valence-corrected chi connectivity index (χ0v) is 16.0. The largest absolute Gasteiger partial charge is 0.431 e. The third kappa shape index (κ3) is 2.86. The van der Waals surface area contributed by atoms with Gasteiger partial charge in [-0.15, -0.1) is 0 Å². The maximum Gasteiger partial charge on any atom is 0.257 e.